The molecule has 2 aromatic carbocycles. The van der Waals surface area contributed by atoms with E-state index in [1.54, 1.807) is 57.3 Å². The molecule has 0 fully saturated rings. The summed E-state index contributed by atoms with van der Waals surface area (Å²) in [5.74, 6) is -0.0445. The van der Waals surface area contributed by atoms with Crippen LogP contribution in [0.2, 0.25) is 0 Å². The Labute approximate surface area is 208 Å². The molecule has 0 spiro atoms. The number of nitrogens with zero attached hydrogens (tertiary/aromatic N) is 3. The molecule has 8 nitrogen and oxygen atoms in total. The Morgan fingerprint density at radius 1 is 1.11 bits per heavy atom. The largest absolute Gasteiger partial charge is 0.491 e. The summed E-state index contributed by atoms with van der Waals surface area (Å²) in [4.78, 5) is 18.0. The molecule has 0 radical (unpaired) electrons. The average Bonchev–Trinajstić information content (AvgIpc) is 3.08. The van der Waals surface area contributed by atoms with Gasteiger partial charge in [0.05, 0.1) is 42.2 Å². The van der Waals surface area contributed by atoms with Gasteiger partial charge in [-0.2, -0.15) is 0 Å². The normalized spacial score (nSPS) is 12.6. The summed E-state index contributed by atoms with van der Waals surface area (Å²) in [6.45, 7) is 3.83. The highest BCUT2D eigenvalue weighted by atomic mass is 32.2. The fourth-order valence-electron chi connectivity index (χ4n) is 4.35. The van der Waals surface area contributed by atoms with E-state index in [2.05, 4.69) is 4.98 Å². The fraction of sp³-hybridized carbons (Fsp3) is 0.308. The van der Waals surface area contributed by atoms with E-state index in [-0.39, 0.29) is 17.5 Å². The second kappa shape index (κ2) is 9.77. The van der Waals surface area contributed by atoms with Crippen molar-refractivity contribution in [2.24, 2.45) is 7.05 Å². The van der Waals surface area contributed by atoms with Crippen molar-refractivity contribution in [1.29, 1.82) is 0 Å². The molecule has 0 bridgehead atoms. The highest BCUT2D eigenvalue weighted by molar-refractivity contribution is 7.90. The lowest BCUT2D eigenvalue weighted by Gasteiger charge is -2.19. The third-order valence-electron chi connectivity index (χ3n) is 6.13. The predicted octanol–water partition coefficient (Wildman–Crippen LogP) is 3.89. The van der Waals surface area contributed by atoms with Gasteiger partial charge in [0.15, 0.2) is 5.75 Å². The zero-order chi connectivity index (χ0) is 26.2. The van der Waals surface area contributed by atoms with Gasteiger partial charge in [0, 0.05) is 13.3 Å². The fourth-order valence-corrected chi connectivity index (χ4v) is 5.25. The lowest BCUT2D eigenvalue weighted by Crippen LogP contribution is -2.31. The zero-order valence-corrected chi connectivity index (χ0v) is 21.6. The van der Waals surface area contributed by atoms with Crippen LogP contribution in [-0.2, 0) is 16.9 Å². The molecule has 4 aromatic rings. The van der Waals surface area contributed by atoms with Crippen LogP contribution in [0.3, 0.4) is 0 Å². The number of aromatic nitrogens is 3. The van der Waals surface area contributed by atoms with Crippen molar-refractivity contribution < 1.29 is 22.3 Å². The minimum atomic E-state index is -3.52. The molecular formula is C26H28FN3O5S. The topological polar surface area (TPSA) is 92.4 Å². The number of fused-ring (bicyclic) bond motifs is 1. The van der Waals surface area contributed by atoms with Crippen LogP contribution < -0.4 is 15.2 Å². The van der Waals surface area contributed by atoms with Crippen LogP contribution in [0.1, 0.15) is 24.2 Å². The number of sulfone groups is 1. The highest BCUT2D eigenvalue weighted by Crippen LogP contribution is 2.32. The number of halogens is 1. The molecule has 0 N–H and O–H groups in total. The molecule has 1 atom stereocenters. The van der Waals surface area contributed by atoms with Gasteiger partial charge >= 0.3 is 5.69 Å². The number of benzene rings is 2. The Kier molecular flexibility index (Phi) is 6.90. The van der Waals surface area contributed by atoms with Gasteiger partial charge in [-0.3, -0.25) is 9.13 Å². The van der Waals surface area contributed by atoms with E-state index < -0.39 is 21.6 Å². The Bertz CT molecular complexity index is 1610. The van der Waals surface area contributed by atoms with Crippen LogP contribution in [0.15, 0.2) is 53.3 Å². The number of hydrogen-bond acceptors (Lipinski definition) is 6. The number of aryl methyl sites for hydroxylation is 1. The minimum absolute atomic E-state index is 0.216. The van der Waals surface area contributed by atoms with Crippen molar-refractivity contribution in [2.75, 3.05) is 25.7 Å². The molecule has 0 aliphatic rings. The molecule has 2 aromatic heterocycles. The van der Waals surface area contributed by atoms with Crippen LogP contribution in [0.25, 0.3) is 22.2 Å². The van der Waals surface area contributed by atoms with Gasteiger partial charge < -0.3 is 9.47 Å². The van der Waals surface area contributed by atoms with Crippen LogP contribution in [0, 0.1) is 12.7 Å². The SMILES string of the molecule is CCOc1nc([C@@H](CS(C)(=O)=O)n2c(=O)n(C)c3cc(-c4cccc(F)c4C)ccc32)ccc1OC. The van der Waals surface area contributed by atoms with Crippen LogP contribution >= 0.6 is 0 Å². The Balaban J connectivity index is 1.94. The predicted molar refractivity (Wildman–Crippen MR) is 137 cm³/mol. The van der Waals surface area contributed by atoms with Gasteiger partial charge in [-0.05, 0) is 60.9 Å². The molecule has 0 saturated heterocycles. The molecule has 4 rings (SSSR count). The van der Waals surface area contributed by atoms with Gasteiger partial charge in [0.2, 0.25) is 0 Å². The van der Waals surface area contributed by atoms with E-state index in [4.69, 9.17) is 9.47 Å². The molecular weight excluding hydrogens is 485 g/mol. The lowest BCUT2D eigenvalue weighted by molar-refractivity contribution is 0.296. The molecule has 0 amide bonds. The zero-order valence-electron chi connectivity index (χ0n) is 20.8. The van der Waals surface area contributed by atoms with E-state index in [1.807, 2.05) is 6.07 Å². The van der Waals surface area contributed by atoms with Crippen molar-refractivity contribution in [3.63, 3.8) is 0 Å². The first kappa shape index (κ1) is 25.4. The summed E-state index contributed by atoms with van der Waals surface area (Å²) in [6, 6.07) is 12.6. The van der Waals surface area contributed by atoms with Gasteiger partial charge in [0.25, 0.3) is 5.88 Å². The second-order valence-electron chi connectivity index (χ2n) is 8.61. The monoisotopic (exact) mass is 513 g/mol. The van der Waals surface area contributed by atoms with Gasteiger partial charge in [0.1, 0.15) is 15.7 Å². The first-order valence-corrected chi connectivity index (χ1v) is 13.4. The average molecular weight is 514 g/mol. The van der Waals surface area contributed by atoms with Crippen molar-refractivity contribution in [3.05, 3.63) is 76.1 Å². The third-order valence-corrected chi connectivity index (χ3v) is 7.05. The Hall–Kier alpha value is -3.66. The third kappa shape index (κ3) is 4.73. The van der Waals surface area contributed by atoms with E-state index >= 15 is 0 Å². The smallest absolute Gasteiger partial charge is 0.329 e. The first-order valence-electron chi connectivity index (χ1n) is 11.4. The molecule has 36 heavy (non-hydrogen) atoms. The van der Waals surface area contributed by atoms with E-state index in [0.717, 1.165) is 11.8 Å². The highest BCUT2D eigenvalue weighted by Gasteiger charge is 2.27. The van der Waals surface area contributed by atoms with Crippen LogP contribution in [0.4, 0.5) is 4.39 Å². The number of ether oxygens (including phenoxy) is 2. The summed E-state index contributed by atoms with van der Waals surface area (Å²) in [7, 11) is -0.415. The molecule has 0 unspecified atom stereocenters. The Morgan fingerprint density at radius 2 is 1.86 bits per heavy atom. The molecule has 0 aliphatic carbocycles. The maximum absolute atomic E-state index is 14.2. The number of imidazole rings is 1. The van der Waals surface area contributed by atoms with E-state index in [1.165, 1.54) is 22.3 Å². The number of methoxy groups -OCH3 is 1. The summed E-state index contributed by atoms with van der Waals surface area (Å²) >= 11 is 0. The first-order chi connectivity index (χ1) is 17.1. The van der Waals surface area contributed by atoms with Crippen molar-refractivity contribution in [3.8, 4) is 22.8 Å². The molecule has 0 aliphatic heterocycles. The van der Waals surface area contributed by atoms with Crippen molar-refractivity contribution in [2.45, 2.75) is 19.9 Å². The van der Waals surface area contributed by atoms with Gasteiger partial charge in [-0.15, -0.1) is 0 Å². The summed E-state index contributed by atoms with van der Waals surface area (Å²) in [5, 5.41) is 0. The molecule has 190 valence electrons. The summed E-state index contributed by atoms with van der Waals surface area (Å²) in [6.07, 6.45) is 1.12. The number of rotatable bonds is 8. The van der Waals surface area contributed by atoms with Crippen LogP contribution in [0.5, 0.6) is 11.6 Å². The quantitative estimate of drug-likeness (QED) is 0.355. The molecule has 0 saturated carbocycles. The molecule has 2 heterocycles. The van der Waals surface area contributed by atoms with Crippen molar-refractivity contribution >= 4 is 20.9 Å². The number of hydrogen-bond donors (Lipinski definition) is 0. The lowest BCUT2D eigenvalue weighted by atomic mass is 10.00. The minimum Gasteiger partial charge on any atom is -0.491 e. The van der Waals surface area contributed by atoms with E-state index in [0.29, 0.717) is 40.2 Å². The van der Waals surface area contributed by atoms with E-state index in [9.17, 15) is 17.6 Å². The summed E-state index contributed by atoms with van der Waals surface area (Å²) in [5.41, 5.74) is 3.02. The van der Waals surface area contributed by atoms with Crippen LogP contribution in [-0.4, -0.2) is 48.3 Å². The second-order valence-corrected chi connectivity index (χ2v) is 10.8. The standard InChI is InChI=1S/C26H28FN3O5S/c1-6-35-25-24(34-4)13-11-20(28-25)23(15-36(5,32)33)30-21-12-10-17(14-22(21)29(3)26(30)31)18-8-7-9-19(27)16(18)2/h7-14,23H,6,15H2,1-5H3/t23-/m1/s1. The Morgan fingerprint density at radius 3 is 2.53 bits per heavy atom. The number of pyridine rings is 1. The van der Waals surface area contributed by atoms with Crippen molar-refractivity contribution in [1.82, 2.24) is 14.1 Å². The van der Waals surface area contributed by atoms with Gasteiger partial charge in [-0.25, -0.2) is 22.6 Å². The summed E-state index contributed by atoms with van der Waals surface area (Å²) < 4.78 is 52.8. The molecule has 10 heteroatoms. The van der Waals surface area contributed by atoms with Gasteiger partial charge in [-0.1, -0.05) is 18.2 Å². The maximum atomic E-state index is 14.2. The maximum Gasteiger partial charge on any atom is 0.329 e.